The summed E-state index contributed by atoms with van der Waals surface area (Å²) in [5.41, 5.74) is 21.9. The second-order valence-electron chi connectivity index (χ2n) is 16.8. The SMILES string of the molecule is CC1(C)c2ccccc2-c2ccc(N(c3ccc(-c4ccccc4)cc3)c3ccc(-c4ccc5c(c4)-c4ccccc4Cc4ccccc4-c4ccccc4CO5)cc3)cc21. The van der Waals surface area contributed by atoms with Crippen molar-refractivity contribution in [2.75, 3.05) is 4.90 Å². The number of anilines is 3. The molecule has 61 heavy (non-hydrogen) atoms. The van der Waals surface area contributed by atoms with Gasteiger partial charge in [0.05, 0.1) is 0 Å². The molecule has 9 aromatic carbocycles. The highest BCUT2D eigenvalue weighted by Crippen LogP contribution is 2.51. The first kappa shape index (κ1) is 36.6. The summed E-state index contributed by atoms with van der Waals surface area (Å²) in [6, 6.07) is 77.4. The zero-order chi connectivity index (χ0) is 40.9. The van der Waals surface area contributed by atoms with E-state index in [0.29, 0.717) is 6.61 Å². The van der Waals surface area contributed by atoms with E-state index in [1.165, 1.54) is 66.8 Å². The molecule has 1 aliphatic heterocycles. The van der Waals surface area contributed by atoms with Gasteiger partial charge in [0.2, 0.25) is 0 Å². The van der Waals surface area contributed by atoms with E-state index in [1.807, 2.05) is 0 Å². The minimum Gasteiger partial charge on any atom is -0.488 e. The fourth-order valence-corrected chi connectivity index (χ4v) is 9.71. The largest absolute Gasteiger partial charge is 0.488 e. The van der Waals surface area contributed by atoms with Crippen LogP contribution >= 0.6 is 0 Å². The van der Waals surface area contributed by atoms with Gasteiger partial charge in [0, 0.05) is 28.0 Å². The molecule has 0 aromatic heterocycles. The van der Waals surface area contributed by atoms with Gasteiger partial charge in [-0.3, -0.25) is 0 Å². The van der Waals surface area contributed by atoms with Crippen molar-refractivity contribution in [3.05, 3.63) is 240 Å². The highest BCUT2D eigenvalue weighted by molar-refractivity contribution is 5.87. The third kappa shape index (κ3) is 6.53. The van der Waals surface area contributed by atoms with Gasteiger partial charge in [-0.25, -0.2) is 0 Å². The summed E-state index contributed by atoms with van der Waals surface area (Å²) in [6.07, 6.45) is 0.827. The van der Waals surface area contributed by atoms with Crippen LogP contribution < -0.4 is 9.64 Å². The third-order valence-electron chi connectivity index (χ3n) is 12.9. The summed E-state index contributed by atoms with van der Waals surface area (Å²) in [7, 11) is 0. The van der Waals surface area contributed by atoms with E-state index in [9.17, 15) is 0 Å². The minimum atomic E-state index is -0.106. The molecular formula is C59H45NO. The van der Waals surface area contributed by atoms with E-state index in [1.54, 1.807) is 0 Å². The molecule has 2 heteroatoms. The maximum atomic E-state index is 6.75. The summed E-state index contributed by atoms with van der Waals surface area (Å²) in [6.45, 7) is 5.19. The van der Waals surface area contributed by atoms with Crippen molar-refractivity contribution in [2.45, 2.75) is 32.3 Å². The molecule has 9 aromatic rings. The van der Waals surface area contributed by atoms with Crippen molar-refractivity contribution in [3.8, 4) is 61.4 Å². The Morgan fingerprint density at radius 2 is 0.836 bits per heavy atom. The lowest BCUT2D eigenvalue weighted by atomic mass is 9.82. The summed E-state index contributed by atoms with van der Waals surface area (Å²) in [5, 5.41) is 0. The highest BCUT2D eigenvalue weighted by atomic mass is 16.5. The lowest BCUT2D eigenvalue weighted by Crippen LogP contribution is -2.16. The molecule has 11 rings (SSSR count). The predicted molar refractivity (Wildman–Crippen MR) is 254 cm³/mol. The zero-order valence-corrected chi connectivity index (χ0v) is 34.5. The van der Waals surface area contributed by atoms with Gasteiger partial charge >= 0.3 is 0 Å². The Hall–Kier alpha value is -7.42. The Morgan fingerprint density at radius 3 is 1.51 bits per heavy atom. The Labute approximate surface area is 359 Å². The molecule has 0 amide bonds. The Bertz CT molecular complexity index is 3070. The van der Waals surface area contributed by atoms with E-state index >= 15 is 0 Å². The molecule has 0 saturated carbocycles. The van der Waals surface area contributed by atoms with Crippen LogP contribution in [0.5, 0.6) is 5.75 Å². The van der Waals surface area contributed by atoms with Gasteiger partial charge in [-0.1, -0.05) is 178 Å². The first-order valence-electron chi connectivity index (χ1n) is 21.3. The van der Waals surface area contributed by atoms with E-state index in [2.05, 4.69) is 231 Å². The van der Waals surface area contributed by atoms with Crippen LogP contribution in [0.4, 0.5) is 17.1 Å². The number of fused-ring (bicyclic) bond motifs is 9. The standard InChI is InChI=1S/C59H45NO/c1-59(2)56-23-13-12-22-53(56)54-34-33-49(38-57(54)59)60(47-29-24-41(25-30-47)40-14-4-3-5-15-40)48-31-26-42(27-32-48)43-28-35-58-55(37-43)51-20-10-7-17-45(51)36-44-16-6-9-19-50(44)52-21-11-8-18-46(52)39-61-58/h3-35,37-38H,36,39H2,1-2H3. The predicted octanol–water partition coefficient (Wildman–Crippen LogP) is 15.6. The third-order valence-corrected chi connectivity index (χ3v) is 12.9. The van der Waals surface area contributed by atoms with Crippen LogP contribution in [0.25, 0.3) is 55.6 Å². The quantitative estimate of drug-likeness (QED) is 0.172. The average Bonchev–Trinajstić information content (AvgIpc) is 3.53. The van der Waals surface area contributed by atoms with Crippen LogP contribution in [0, 0.1) is 0 Å². The van der Waals surface area contributed by atoms with Crippen molar-refractivity contribution in [2.24, 2.45) is 0 Å². The van der Waals surface area contributed by atoms with Crippen molar-refractivity contribution < 1.29 is 4.74 Å². The first-order chi connectivity index (χ1) is 30.0. The van der Waals surface area contributed by atoms with Gasteiger partial charge in [0.15, 0.2) is 0 Å². The lowest BCUT2D eigenvalue weighted by Gasteiger charge is -2.28. The van der Waals surface area contributed by atoms with Crippen LogP contribution in [-0.4, -0.2) is 0 Å². The number of hydrogen-bond donors (Lipinski definition) is 0. The van der Waals surface area contributed by atoms with E-state index < -0.39 is 0 Å². The molecule has 0 atom stereocenters. The first-order valence-corrected chi connectivity index (χ1v) is 21.3. The fraction of sp³-hybridized carbons (Fsp3) is 0.0847. The Kier molecular flexibility index (Phi) is 9.01. The van der Waals surface area contributed by atoms with Gasteiger partial charge in [-0.15, -0.1) is 0 Å². The highest BCUT2D eigenvalue weighted by Gasteiger charge is 2.35. The number of benzene rings is 9. The molecule has 0 fully saturated rings. The van der Waals surface area contributed by atoms with E-state index in [0.717, 1.165) is 45.9 Å². The second kappa shape index (κ2) is 15.0. The molecule has 292 valence electrons. The van der Waals surface area contributed by atoms with Crippen molar-refractivity contribution in [3.63, 3.8) is 0 Å². The smallest absolute Gasteiger partial charge is 0.127 e. The Balaban J connectivity index is 0.992. The molecule has 1 heterocycles. The van der Waals surface area contributed by atoms with Crippen LogP contribution in [-0.2, 0) is 18.4 Å². The summed E-state index contributed by atoms with van der Waals surface area (Å²) in [4.78, 5) is 2.40. The average molecular weight is 784 g/mol. The second-order valence-corrected chi connectivity index (χ2v) is 16.8. The van der Waals surface area contributed by atoms with Crippen LogP contribution in [0.3, 0.4) is 0 Å². The van der Waals surface area contributed by atoms with Gasteiger partial charge in [-0.05, 0) is 133 Å². The van der Waals surface area contributed by atoms with Gasteiger partial charge < -0.3 is 9.64 Å². The molecule has 0 radical (unpaired) electrons. The van der Waals surface area contributed by atoms with Crippen LogP contribution in [0.2, 0.25) is 0 Å². The molecular weight excluding hydrogens is 739 g/mol. The number of nitrogens with zero attached hydrogens (tertiary/aromatic N) is 1. The zero-order valence-electron chi connectivity index (χ0n) is 34.5. The topological polar surface area (TPSA) is 12.5 Å². The van der Waals surface area contributed by atoms with Crippen molar-refractivity contribution >= 4 is 17.1 Å². The molecule has 2 nitrogen and oxygen atoms in total. The van der Waals surface area contributed by atoms with Crippen LogP contribution in [0.15, 0.2) is 212 Å². The molecule has 0 saturated heterocycles. The van der Waals surface area contributed by atoms with Gasteiger partial charge in [-0.2, -0.15) is 0 Å². The molecule has 2 aliphatic rings. The normalized spacial score (nSPS) is 13.2. The molecule has 0 bridgehead atoms. The van der Waals surface area contributed by atoms with Crippen molar-refractivity contribution in [1.29, 1.82) is 0 Å². The monoisotopic (exact) mass is 783 g/mol. The van der Waals surface area contributed by atoms with E-state index in [4.69, 9.17) is 4.74 Å². The Morgan fingerprint density at radius 1 is 0.361 bits per heavy atom. The summed E-state index contributed by atoms with van der Waals surface area (Å²) < 4.78 is 6.75. The summed E-state index contributed by atoms with van der Waals surface area (Å²) in [5.74, 6) is 0.889. The van der Waals surface area contributed by atoms with Gasteiger partial charge in [0.25, 0.3) is 0 Å². The maximum Gasteiger partial charge on any atom is 0.127 e. The summed E-state index contributed by atoms with van der Waals surface area (Å²) >= 11 is 0. The fourth-order valence-electron chi connectivity index (χ4n) is 9.71. The van der Waals surface area contributed by atoms with E-state index in [-0.39, 0.29) is 5.41 Å². The molecule has 0 unspecified atom stereocenters. The van der Waals surface area contributed by atoms with Crippen molar-refractivity contribution in [1.82, 2.24) is 0 Å². The number of ether oxygens (including phenoxy) is 1. The lowest BCUT2D eigenvalue weighted by molar-refractivity contribution is 0.308. The van der Waals surface area contributed by atoms with Gasteiger partial charge in [0.1, 0.15) is 12.4 Å². The maximum absolute atomic E-state index is 6.75. The minimum absolute atomic E-state index is 0.106. The molecule has 0 spiro atoms. The number of rotatable bonds is 5. The van der Waals surface area contributed by atoms with Crippen LogP contribution in [0.1, 0.15) is 41.7 Å². The molecule has 0 N–H and O–H groups in total. The number of hydrogen-bond acceptors (Lipinski definition) is 2. The molecule has 1 aliphatic carbocycles.